The van der Waals surface area contributed by atoms with Crippen molar-refractivity contribution in [1.82, 2.24) is 9.13 Å². The number of hydrogen-bond acceptors (Lipinski definition) is 6. The summed E-state index contributed by atoms with van der Waals surface area (Å²) in [5.41, 5.74) is 0.965. The smallest absolute Gasteiger partial charge is 0.323 e. The second kappa shape index (κ2) is 8.57. The van der Waals surface area contributed by atoms with E-state index in [1.54, 1.807) is 10.6 Å². The van der Waals surface area contributed by atoms with Gasteiger partial charge in [0.15, 0.2) is 0 Å². The van der Waals surface area contributed by atoms with Gasteiger partial charge in [-0.3, -0.25) is 19.2 Å². The fraction of sp³-hybridized carbons (Fsp3) is 0.333. The maximum Gasteiger partial charge on any atom is 0.323 e. The van der Waals surface area contributed by atoms with Crippen LogP contribution in [0.15, 0.2) is 39.9 Å². The quantitative estimate of drug-likeness (QED) is 0.547. The summed E-state index contributed by atoms with van der Waals surface area (Å²) in [5.74, 6) is -3.42. The Hall–Kier alpha value is -3.88. The molecule has 2 aromatic heterocycles. The van der Waals surface area contributed by atoms with Gasteiger partial charge in [0, 0.05) is 23.7 Å². The molecule has 1 atom stereocenters. The van der Waals surface area contributed by atoms with Crippen molar-refractivity contribution < 1.29 is 24.5 Å². The number of carboxylic acids is 1. The summed E-state index contributed by atoms with van der Waals surface area (Å²) in [6.07, 6.45) is 1.26. The zero-order chi connectivity index (χ0) is 23.9. The Bertz CT molecular complexity index is 1400. The molecule has 0 fully saturated rings. The van der Waals surface area contributed by atoms with Crippen molar-refractivity contribution in [2.24, 2.45) is 0 Å². The second-order valence-electron chi connectivity index (χ2n) is 8.22. The summed E-state index contributed by atoms with van der Waals surface area (Å²) < 4.78 is 7.45. The van der Waals surface area contributed by atoms with Crippen molar-refractivity contribution in [2.75, 3.05) is 7.11 Å². The van der Waals surface area contributed by atoms with Gasteiger partial charge in [-0.1, -0.05) is 18.2 Å². The lowest BCUT2D eigenvalue weighted by Crippen LogP contribution is -2.34. The molecular weight excluding hydrogens is 428 g/mol. The predicted molar refractivity (Wildman–Crippen MR) is 120 cm³/mol. The van der Waals surface area contributed by atoms with Crippen LogP contribution in [0, 0.1) is 6.92 Å². The molecule has 3 aromatic rings. The molecule has 0 saturated heterocycles. The molecule has 0 radical (unpaired) electrons. The van der Waals surface area contributed by atoms with Gasteiger partial charge in [0.25, 0.3) is 11.1 Å². The number of hydrogen-bond donors (Lipinski definition) is 2. The summed E-state index contributed by atoms with van der Waals surface area (Å²) in [7, 11) is 1.19. The van der Waals surface area contributed by atoms with E-state index in [2.05, 4.69) is 0 Å². The Labute approximate surface area is 188 Å². The second-order valence-corrected chi connectivity index (χ2v) is 8.22. The number of esters is 1. The van der Waals surface area contributed by atoms with E-state index in [1.807, 2.05) is 18.2 Å². The minimum absolute atomic E-state index is 0.171. The van der Waals surface area contributed by atoms with Crippen LogP contribution in [-0.4, -0.2) is 38.4 Å². The highest BCUT2D eigenvalue weighted by molar-refractivity contribution is 5.84. The molecule has 0 amide bonds. The predicted octanol–water partition coefficient (Wildman–Crippen LogP) is 1.90. The number of ether oxygens (including phenoxy) is 1. The number of aryl methyl sites for hydroxylation is 3. The van der Waals surface area contributed by atoms with Crippen LogP contribution in [-0.2, 0) is 33.8 Å². The number of para-hydroxylation sites is 1. The van der Waals surface area contributed by atoms with Gasteiger partial charge in [0.1, 0.15) is 12.3 Å². The molecule has 0 spiro atoms. The third-order valence-electron chi connectivity index (χ3n) is 6.19. The number of rotatable bonds is 6. The molecule has 4 rings (SSSR count). The molecule has 0 bridgehead atoms. The monoisotopic (exact) mass is 452 g/mol. The first kappa shape index (κ1) is 22.3. The lowest BCUT2D eigenvalue weighted by molar-refractivity contribution is -0.141. The number of aromatic nitrogens is 2. The topological polar surface area (TPSA) is 128 Å². The molecule has 2 N–H and O–H groups in total. The Morgan fingerprint density at radius 2 is 1.94 bits per heavy atom. The molecule has 1 aliphatic rings. The minimum atomic E-state index is -1.23. The Balaban J connectivity index is 2.02. The van der Waals surface area contributed by atoms with E-state index in [-0.39, 0.29) is 28.8 Å². The van der Waals surface area contributed by atoms with Crippen LogP contribution in [0.1, 0.15) is 41.1 Å². The Kier molecular flexibility index (Phi) is 5.80. The molecule has 9 nitrogen and oxygen atoms in total. The van der Waals surface area contributed by atoms with E-state index < -0.39 is 35.7 Å². The largest absolute Gasteiger partial charge is 0.507 e. The van der Waals surface area contributed by atoms with Crippen LogP contribution in [0.2, 0.25) is 0 Å². The molecule has 1 aliphatic heterocycles. The van der Waals surface area contributed by atoms with Crippen molar-refractivity contribution >= 4 is 22.8 Å². The van der Waals surface area contributed by atoms with E-state index >= 15 is 0 Å². The highest BCUT2D eigenvalue weighted by atomic mass is 16.5. The number of carbonyl (C=O) groups excluding carboxylic acids is 1. The number of aliphatic carboxylic acids is 1. The maximum absolute atomic E-state index is 13.6. The fourth-order valence-electron chi connectivity index (χ4n) is 4.68. The molecule has 172 valence electrons. The molecule has 1 aromatic carbocycles. The average molecular weight is 452 g/mol. The summed E-state index contributed by atoms with van der Waals surface area (Å²) in [4.78, 5) is 50.5. The van der Waals surface area contributed by atoms with Gasteiger partial charge in [0.2, 0.25) is 0 Å². The van der Waals surface area contributed by atoms with Crippen LogP contribution in [0.4, 0.5) is 0 Å². The number of carbonyl (C=O) groups is 2. The van der Waals surface area contributed by atoms with Crippen molar-refractivity contribution in [3.8, 4) is 5.75 Å². The molecule has 3 heterocycles. The van der Waals surface area contributed by atoms with E-state index in [0.717, 1.165) is 33.9 Å². The van der Waals surface area contributed by atoms with Gasteiger partial charge >= 0.3 is 11.9 Å². The molecule has 0 unspecified atom stereocenters. The first-order chi connectivity index (χ1) is 15.7. The maximum atomic E-state index is 13.6. The summed E-state index contributed by atoms with van der Waals surface area (Å²) in [6.45, 7) is 1.38. The standard InChI is InChI=1S/C24H24N2O7/c1-13-9-18(27)21(24(32)26(13)12-19(28)29)16(11-20(30)33-2)17-10-15-6-3-5-14-7-4-8-25(22(14)15)23(17)31/h3,5-6,9-10,16,27H,4,7-8,11-12H2,1-2H3,(H,28,29)/t16-/m0/s1. The Morgan fingerprint density at radius 3 is 2.64 bits per heavy atom. The van der Waals surface area contributed by atoms with Gasteiger partial charge in [0.05, 0.1) is 24.6 Å². The van der Waals surface area contributed by atoms with Crippen LogP contribution in [0.5, 0.6) is 5.75 Å². The van der Waals surface area contributed by atoms with Crippen LogP contribution in [0.25, 0.3) is 10.9 Å². The number of nitrogens with zero attached hydrogens (tertiary/aromatic N) is 2. The van der Waals surface area contributed by atoms with E-state index in [4.69, 9.17) is 4.74 Å². The van der Waals surface area contributed by atoms with Gasteiger partial charge < -0.3 is 24.1 Å². The zero-order valence-electron chi connectivity index (χ0n) is 18.3. The van der Waals surface area contributed by atoms with E-state index in [1.165, 1.54) is 20.1 Å². The van der Waals surface area contributed by atoms with Crippen molar-refractivity contribution in [2.45, 2.75) is 45.2 Å². The third-order valence-corrected chi connectivity index (χ3v) is 6.19. The van der Waals surface area contributed by atoms with Gasteiger partial charge in [-0.05, 0) is 42.8 Å². The molecular formula is C24H24N2O7. The van der Waals surface area contributed by atoms with Crippen LogP contribution < -0.4 is 11.1 Å². The van der Waals surface area contributed by atoms with Crippen molar-refractivity contribution in [3.63, 3.8) is 0 Å². The number of methoxy groups -OCH3 is 1. The third kappa shape index (κ3) is 3.90. The fourth-order valence-corrected chi connectivity index (χ4v) is 4.68. The van der Waals surface area contributed by atoms with Gasteiger partial charge in [-0.15, -0.1) is 0 Å². The number of benzene rings is 1. The summed E-state index contributed by atoms with van der Waals surface area (Å²) >= 11 is 0. The van der Waals surface area contributed by atoms with E-state index in [9.17, 15) is 29.4 Å². The number of pyridine rings is 2. The minimum Gasteiger partial charge on any atom is -0.507 e. The first-order valence-electron chi connectivity index (χ1n) is 10.6. The van der Waals surface area contributed by atoms with Gasteiger partial charge in [-0.2, -0.15) is 0 Å². The highest BCUT2D eigenvalue weighted by Gasteiger charge is 2.30. The zero-order valence-corrected chi connectivity index (χ0v) is 18.3. The lowest BCUT2D eigenvalue weighted by atomic mass is 9.87. The first-order valence-corrected chi connectivity index (χ1v) is 10.6. The van der Waals surface area contributed by atoms with Crippen molar-refractivity contribution in [3.05, 3.63) is 73.4 Å². The van der Waals surface area contributed by atoms with E-state index in [0.29, 0.717) is 6.54 Å². The lowest BCUT2D eigenvalue weighted by Gasteiger charge is -2.24. The normalized spacial score (nSPS) is 13.6. The number of aromatic hydroxyl groups is 1. The molecule has 9 heteroatoms. The molecule has 0 saturated carbocycles. The number of carboxylic acid groups (broad SMARTS) is 1. The summed E-state index contributed by atoms with van der Waals surface area (Å²) in [6, 6.07) is 8.64. The van der Waals surface area contributed by atoms with Gasteiger partial charge in [-0.25, -0.2) is 0 Å². The van der Waals surface area contributed by atoms with Crippen LogP contribution in [0.3, 0.4) is 0 Å². The van der Waals surface area contributed by atoms with Crippen LogP contribution >= 0.6 is 0 Å². The Morgan fingerprint density at radius 1 is 1.18 bits per heavy atom. The highest BCUT2D eigenvalue weighted by Crippen LogP contribution is 2.33. The molecule has 0 aliphatic carbocycles. The van der Waals surface area contributed by atoms with Crippen molar-refractivity contribution in [1.29, 1.82) is 0 Å². The molecule has 33 heavy (non-hydrogen) atoms. The summed E-state index contributed by atoms with van der Waals surface area (Å²) in [5, 5.41) is 20.7. The SMILES string of the molecule is COC(=O)C[C@H](c1c(O)cc(C)n(CC(=O)O)c1=O)c1cc2cccc3c2n(c1=O)CCC3. The average Bonchev–Trinajstić information content (AvgIpc) is 2.78.